The molecule has 11 rings (SSSR count). The summed E-state index contributed by atoms with van der Waals surface area (Å²) in [6, 6.07) is 69.0. The molecule has 0 amide bonds. The summed E-state index contributed by atoms with van der Waals surface area (Å²) in [4.78, 5) is 15.7. The van der Waals surface area contributed by atoms with Crippen molar-refractivity contribution in [2.75, 3.05) is 0 Å². The van der Waals surface area contributed by atoms with Crippen molar-refractivity contribution in [1.29, 1.82) is 0 Å². The first kappa shape index (κ1) is 33.9. The van der Waals surface area contributed by atoms with Crippen molar-refractivity contribution in [3.8, 4) is 73.2 Å². The van der Waals surface area contributed by atoms with Gasteiger partial charge in [0.15, 0.2) is 17.5 Å². The van der Waals surface area contributed by atoms with E-state index in [1.165, 1.54) is 44.2 Å². The monoisotopic (exact) mass is 742 g/mol. The molecular formula is C54H38N4. The molecule has 1 aliphatic carbocycles. The van der Waals surface area contributed by atoms with E-state index in [0.29, 0.717) is 17.5 Å². The summed E-state index contributed by atoms with van der Waals surface area (Å²) in [7, 11) is 0. The third kappa shape index (κ3) is 5.48. The van der Waals surface area contributed by atoms with E-state index in [1.54, 1.807) is 0 Å². The normalized spacial score (nSPS) is 12.8. The molecular weight excluding hydrogens is 705 g/mol. The number of nitrogens with zero attached hydrogens (tertiary/aromatic N) is 4. The maximum Gasteiger partial charge on any atom is 0.164 e. The molecule has 0 spiro atoms. The fourth-order valence-electron chi connectivity index (χ4n) is 8.97. The van der Waals surface area contributed by atoms with Crippen LogP contribution in [-0.4, -0.2) is 19.5 Å². The molecule has 10 aromatic rings. The lowest BCUT2D eigenvalue weighted by Crippen LogP contribution is -2.14. The molecule has 1 aliphatic rings. The predicted molar refractivity (Wildman–Crippen MR) is 239 cm³/mol. The Balaban J connectivity index is 1.12. The van der Waals surface area contributed by atoms with Gasteiger partial charge in [0, 0.05) is 38.4 Å². The van der Waals surface area contributed by atoms with Crippen molar-refractivity contribution < 1.29 is 0 Å². The lowest BCUT2D eigenvalue weighted by molar-refractivity contribution is 0.660. The van der Waals surface area contributed by atoms with Crippen LogP contribution in [0.2, 0.25) is 0 Å². The van der Waals surface area contributed by atoms with Crippen molar-refractivity contribution >= 4 is 21.8 Å². The molecule has 0 aliphatic heterocycles. The van der Waals surface area contributed by atoms with Crippen molar-refractivity contribution in [2.45, 2.75) is 19.3 Å². The van der Waals surface area contributed by atoms with E-state index in [2.05, 4.69) is 194 Å². The molecule has 0 bridgehead atoms. The van der Waals surface area contributed by atoms with Gasteiger partial charge < -0.3 is 4.57 Å². The summed E-state index contributed by atoms with van der Waals surface area (Å²) in [6.07, 6.45) is 0. The average molecular weight is 743 g/mol. The molecule has 2 aromatic heterocycles. The number of para-hydroxylation sites is 2. The van der Waals surface area contributed by atoms with Crippen LogP contribution >= 0.6 is 0 Å². The number of aromatic nitrogens is 4. The number of fused-ring (bicyclic) bond motifs is 6. The highest BCUT2D eigenvalue weighted by molar-refractivity contribution is 6.10. The highest BCUT2D eigenvalue weighted by Gasteiger charge is 2.36. The second-order valence-corrected chi connectivity index (χ2v) is 15.7. The smallest absolute Gasteiger partial charge is 0.164 e. The van der Waals surface area contributed by atoms with Crippen LogP contribution in [0.4, 0.5) is 0 Å². The van der Waals surface area contributed by atoms with E-state index in [9.17, 15) is 0 Å². The Morgan fingerprint density at radius 3 is 1.36 bits per heavy atom. The molecule has 0 radical (unpaired) electrons. The molecule has 4 heteroatoms. The van der Waals surface area contributed by atoms with Gasteiger partial charge in [-0.3, -0.25) is 0 Å². The number of hydrogen-bond acceptors (Lipinski definition) is 3. The third-order valence-electron chi connectivity index (χ3n) is 11.9. The quantitative estimate of drug-likeness (QED) is 0.170. The van der Waals surface area contributed by atoms with E-state index in [0.717, 1.165) is 44.5 Å². The maximum absolute atomic E-state index is 5.30. The van der Waals surface area contributed by atoms with Gasteiger partial charge in [-0.25, -0.2) is 15.0 Å². The minimum atomic E-state index is -0.137. The van der Waals surface area contributed by atoms with Crippen LogP contribution in [0.1, 0.15) is 25.0 Å². The van der Waals surface area contributed by atoms with Gasteiger partial charge in [-0.1, -0.05) is 178 Å². The highest BCUT2D eigenvalue weighted by atomic mass is 15.0. The largest absolute Gasteiger partial charge is 0.309 e. The standard InChI is InChI=1S/C54H38N4/c1-54(2)46-30-27-38(35-16-6-3-7-17-35)32-44(46)45-33-39(28-31-47(45)54)52-55-51(37-20-10-5-11-21-37)56-53(57-52)40-26-29-41(36-18-8-4-9-19-36)50(34-40)58-48-24-14-12-22-42(48)43-23-13-15-25-49(43)58/h3-34H,1-2H3. The molecule has 0 unspecified atom stereocenters. The SMILES string of the molecule is CC1(C)c2ccc(-c3ccccc3)cc2-c2cc(-c3nc(-c4ccccc4)nc(-c4ccc(-c5ccccc5)c(-n5c6ccccc6c6ccccc65)c4)n3)ccc21. The van der Waals surface area contributed by atoms with Gasteiger partial charge in [0.1, 0.15) is 0 Å². The molecule has 274 valence electrons. The van der Waals surface area contributed by atoms with Crippen LogP contribution in [0.3, 0.4) is 0 Å². The minimum Gasteiger partial charge on any atom is -0.309 e. The molecule has 0 fully saturated rings. The predicted octanol–water partition coefficient (Wildman–Crippen LogP) is 13.6. The topological polar surface area (TPSA) is 43.6 Å². The maximum atomic E-state index is 5.30. The zero-order valence-electron chi connectivity index (χ0n) is 32.3. The zero-order chi connectivity index (χ0) is 38.8. The van der Waals surface area contributed by atoms with Crippen molar-refractivity contribution in [2.24, 2.45) is 0 Å². The Kier molecular flexibility index (Phi) is 7.80. The zero-order valence-corrected chi connectivity index (χ0v) is 32.3. The average Bonchev–Trinajstić information content (AvgIpc) is 3.74. The molecule has 4 nitrogen and oxygen atoms in total. The Morgan fingerprint density at radius 1 is 0.345 bits per heavy atom. The van der Waals surface area contributed by atoms with Crippen LogP contribution in [-0.2, 0) is 5.41 Å². The van der Waals surface area contributed by atoms with E-state index in [-0.39, 0.29) is 5.41 Å². The minimum absolute atomic E-state index is 0.137. The van der Waals surface area contributed by atoms with Crippen molar-refractivity contribution in [3.63, 3.8) is 0 Å². The van der Waals surface area contributed by atoms with Crippen LogP contribution in [0.5, 0.6) is 0 Å². The fraction of sp³-hybridized carbons (Fsp3) is 0.0556. The molecule has 0 saturated carbocycles. The summed E-state index contributed by atoms with van der Waals surface area (Å²) in [5, 5.41) is 2.43. The first-order chi connectivity index (χ1) is 28.5. The first-order valence-corrected chi connectivity index (χ1v) is 19.9. The Morgan fingerprint density at radius 2 is 0.776 bits per heavy atom. The molecule has 0 atom stereocenters. The molecule has 0 saturated heterocycles. The molecule has 58 heavy (non-hydrogen) atoms. The first-order valence-electron chi connectivity index (χ1n) is 19.9. The molecule has 8 aromatic carbocycles. The lowest BCUT2D eigenvalue weighted by Gasteiger charge is -2.21. The van der Waals surface area contributed by atoms with Crippen LogP contribution < -0.4 is 0 Å². The van der Waals surface area contributed by atoms with Crippen LogP contribution in [0.15, 0.2) is 194 Å². The number of rotatable bonds is 6. The van der Waals surface area contributed by atoms with E-state index in [1.807, 2.05) is 18.2 Å². The van der Waals surface area contributed by atoms with Crippen LogP contribution in [0.25, 0.3) is 95.0 Å². The summed E-state index contributed by atoms with van der Waals surface area (Å²) in [5.41, 5.74) is 15.8. The highest BCUT2D eigenvalue weighted by Crippen LogP contribution is 2.50. The van der Waals surface area contributed by atoms with Gasteiger partial charge in [-0.05, 0) is 69.3 Å². The number of hydrogen-bond donors (Lipinski definition) is 0. The second kappa shape index (κ2) is 13.4. The van der Waals surface area contributed by atoms with Crippen LogP contribution in [0, 0.1) is 0 Å². The lowest BCUT2D eigenvalue weighted by atomic mass is 9.82. The fourth-order valence-corrected chi connectivity index (χ4v) is 8.97. The summed E-state index contributed by atoms with van der Waals surface area (Å²) < 4.78 is 2.39. The van der Waals surface area contributed by atoms with Crippen molar-refractivity contribution in [1.82, 2.24) is 19.5 Å². The number of benzene rings is 8. The van der Waals surface area contributed by atoms with Gasteiger partial charge in [0.25, 0.3) is 0 Å². The Hall–Kier alpha value is -7.43. The van der Waals surface area contributed by atoms with E-state index in [4.69, 9.17) is 15.0 Å². The van der Waals surface area contributed by atoms with E-state index < -0.39 is 0 Å². The Labute approximate surface area is 337 Å². The van der Waals surface area contributed by atoms with Gasteiger partial charge in [0.2, 0.25) is 0 Å². The van der Waals surface area contributed by atoms with Gasteiger partial charge in [-0.2, -0.15) is 0 Å². The van der Waals surface area contributed by atoms with Crippen molar-refractivity contribution in [3.05, 3.63) is 205 Å². The van der Waals surface area contributed by atoms with E-state index >= 15 is 0 Å². The Bertz CT molecular complexity index is 3130. The molecule has 0 N–H and O–H groups in total. The van der Waals surface area contributed by atoms with Gasteiger partial charge >= 0.3 is 0 Å². The van der Waals surface area contributed by atoms with Gasteiger partial charge in [0.05, 0.1) is 16.7 Å². The van der Waals surface area contributed by atoms with Gasteiger partial charge in [-0.15, -0.1) is 0 Å². The summed E-state index contributed by atoms with van der Waals surface area (Å²) in [6.45, 7) is 4.64. The summed E-state index contributed by atoms with van der Waals surface area (Å²) in [5.74, 6) is 1.90. The molecule has 2 heterocycles. The third-order valence-corrected chi connectivity index (χ3v) is 11.9. The second-order valence-electron chi connectivity index (χ2n) is 15.7. The summed E-state index contributed by atoms with van der Waals surface area (Å²) >= 11 is 0.